The molecule has 1 aliphatic heterocycles. The van der Waals surface area contributed by atoms with Gasteiger partial charge in [-0.25, -0.2) is 4.39 Å². The van der Waals surface area contributed by atoms with Crippen LogP contribution in [0.1, 0.15) is 17.5 Å². The number of benzene rings is 2. The van der Waals surface area contributed by atoms with E-state index in [2.05, 4.69) is 15.2 Å². The normalized spacial score (nSPS) is 18.4. The summed E-state index contributed by atoms with van der Waals surface area (Å²) < 4.78 is 18.7. The van der Waals surface area contributed by atoms with Gasteiger partial charge in [-0.1, -0.05) is 24.3 Å². The third-order valence-corrected chi connectivity index (χ3v) is 6.76. The second kappa shape index (κ2) is 10.6. The van der Waals surface area contributed by atoms with Crippen LogP contribution in [-0.2, 0) is 17.9 Å². The lowest BCUT2D eigenvalue weighted by molar-refractivity contribution is -0.125. The minimum absolute atomic E-state index is 0.00185. The number of halogens is 1. The topological polar surface area (TPSA) is 54.5 Å². The lowest BCUT2D eigenvalue weighted by Crippen LogP contribution is -2.42. The summed E-state index contributed by atoms with van der Waals surface area (Å²) in [5.41, 5.74) is 2.01. The van der Waals surface area contributed by atoms with E-state index in [0.29, 0.717) is 13.1 Å². The van der Waals surface area contributed by atoms with Crippen molar-refractivity contribution in [1.82, 2.24) is 15.2 Å². The third-order valence-electron chi connectivity index (χ3n) is 5.54. The summed E-state index contributed by atoms with van der Waals surface area (Å²) in [6, 6.07) is 17.9. The number of carbonyl (C=O) groups is 1. The molecule has 1 aliphatic rings. The summed E-state index contributed by atoms with van der Waals surface area (Å²) in [4.78, 5) is 20.6. The molecular formula is C25H26FN3O2S. The molecule has 1 saturated heterocycles. The third kappa shape index (κ3) is 5.66. The first-order valence-corrected chi connectivity index (χ1v) is 11.4. The van der Waals surface area contributed by atoms with Crippen LogP contribution >= 0.6 is 11.8 Å². The Morgan fingerprint density at radius 2 is 2.00 bits per heavy atom. The zero-order valence-electron chi connectivity index (χ0n) is 17.9. The summed E-state index contributed by atoms with van der Waals surface area (Å²) in [5.74, 6) is 0.519. The lowest BCUT2D eigenvalue weighted by Gasteiger charge is -2.23. The van der Waals surface area contributed by atoms with Gasteiger partial charge in [0.2, 0.25) is 5.91 Å². The highest BCUT2D eigenvalue weighted by atomic mass is 32.2. The molecule has 0 radical (unpaired) electrons. The quantitative estimate of drug-likeness (QED) is 0.554. The molecule has 2 heterocycles. The smallest absolute Gasteiger partial charge is 0.237 e. The molecule has 0 spiro atoms. The number of nitrogens with one attached hydrogen (secondary N) is 1. The fourth-order valence-corrected chi connectivity index (χ4v) is 5.20. The van der Waals surface area contributed by atoms with Crippen LogP contribution in [0, 0.1) is 5.82 Å². The fraction of sp³-hybridized carbons (Fsp3) is 0.280. The van der Waals surface area contributed by atoms with Gasteiger partial charge in [0.25, 0.3) is 0 Å². The summed E-state index contributed by atoms with van der Waals surface area (Å²) in [6.45, 7) is 1.83. The van der Waals surface area contributed by atoms with Crippen LogP contribution in [-0.4, -0.2) is 40.7 Å². The van der Waals surface area contributed by atoms with Gasteiger partial charge in [-0.3, -0.25) is 14.7 Å². The number of pyridine rings is 1. The summed E-state index contributed by atoms with van der Waals surface area (Å²) in [5, 5.41) is 3.32. The number of ether oxygens (including phenoxy) is 1. The Balaban J connectivity index is 1.45. The highest BCUT2D eigenvalue weighted by Gasteiger charge is 2.37. The van der Waals surface area contributed by atoms with Gasteiger partial charge in [0.05, 0.1) is 13.2 Å². The van der Waals surface area contributed by atoms with Crippen molar-refractivity contribution in [2.45, 2.75) is 35.7 Å². The molecule has 1 fully saturated rings. The van der Waals surface area contributed by atoms with E-state index >= 15 is 0 Å². The number of likely N-dealkylation sites (tertiary alicyclic amines) is 1. The number of carbonyl (C=O) groups excluding carboxylic acids is 1. The number of thioether (sulfide) groups is 1. The Morgan fingerprint density at radius 1 is 1.19 bits per heavy atom. The molecule has 4 rings (SSSR count). The largest absolute Gasteiger partial charge is 0.496 e. The minimum atomic E-state index is -0.247. The van der Waals surface area contributed by atoms with Crippen molar-refractivity contribution in [1.29, 1.82) is 0 Å². The van der Waals surface area contributed by atoms with Gasteiger partial charge < -0.3 is 10.1 Å². The predicted octanol–water partition coefficient (Wildman–Crippen LogP) is 4.28. The Hall–Kier alpha value is -2.90. The number of nitrogens with zero attached hydrogens (tertiary/aromatic N) is 2. The maximum atomic E-state index is 13.3. The van der Waals surface area contributed by atoms with E-state index in [1.165, 1.54) is 12.1 Å². The van der Waals surface area contributed by atoms with Gasteiger partial charge in [-0.15, -0.1) is 11.8 Å². The Morgan fingerprint density at radius 3 is 2.75 bits per heavy atom. The molecule has 0 saturated carbocycles. The Kier molecular flexibility index (Phi) is 7.39. The monoisotopic (exact) mass is 451 g/mol. The first-order valence-electron chi connectivity index (χ1n) is 10.6. The molecule has 2 aromatic carbocycles. The minimum Gasteiger partial charge on any atom is -0.496 e. The van der Waals surface area contributed by atoms with E-state index < -0.39 is 0 Å². The van der Waals surface area contributed by atoms with Crippen LogP contribution in [0.3, 0.4) is 0 Å². The van der Waals surface area contributed by atoms with Crippen LogP contribution in [0.25, 0.3) is 0 Å². The van der Waals surface area contributed by atoms with Crippen molar-refractivity contribution >= 4 is 17.7 Å². The first-order chi connectivity index (χ1) is 15.6. The van der Waals surface area contributed by atoms with Crippen molar-refractivity contribution in [2.24, 2.45) is 0 Å². The van der Waals surface area contributed by atoms with Crippen LogP contribution in [0.2, 0.25) is 0 Å². The van der Waals surface area contributed by atoms with Crippen LogP contribution in [0.5, 0.6) is 5.75 Å². The predicted molar refractivity (Wildman–Crippen MR) is 124 cm³/mol. The van der Waals surface area contributed by atoms with Crippen molar-refractivity contribution in [3.63, 3.8) is 0 Å². The van der Waals surface area contributed by atoms with E-state index in [1.54, 1.807) is 37.2 Å². The number of amides is 1. The van der Waals surface area contributed by atoms with Gasteiger partial charge in [-0.2, -0.15) is 0 Å². The zero-order valence-corrected chi connectivity index (χ0v) is 18.7. The van der Waals surface area contributed by atoms with Crippen LogP contribution in [0.15, 0.2) is 78.0 Å². The van der Waals surface area contributed by atoms with Crippen molar-refractivity contribution in [2.75, 3.05) is 13.7 Å². The fourth-order valence-electron chi connectivity index (χ4n) is 3.98. The maximum absolute atomic E-state index is 13.3. The summed E-state index contributed by atoms with van der Waals surface area (Å²) in [6.07, 6.45) is 4.31. The standard InChI is InChI=1S/C25H26FN3O2S/c1-31-24-7-3-2-6-19(24)15-28-25(30)23-13-22(32-21-10-8-20(26)9-11-21)17-29(23)16-18-5-4-12-27-14-18/h2-12,14,22-23H,13,15-17H2,1H3,(H,28,30)/t22-,23+/m1/s1. The maximum Gasteiger partial charge on any atom is 0.237 e. The number of rotatable bonds is 8. The Bertz CT molecular complexity index is 1030. The number of aromatic nitrogens is 1. The van der Waals surface area contributed by atoms with Gasteiger partial charge >= 0.3 is 0 Å². The van der Waals surface area contributed by atoms with E-state index in [4.69, 9.17) is 4.74 Å². The average Bonchev–Trinajstić information content (AvgIpc) is 3.22. The number of hydrogen-bond donors (Lipinski definition) is 1. The second-order valence-electron chi connectivity index (χ2n) is 7.77. The molecular weight excluding hydrogens is 425 g/mol. The summed E-state index contributed by atoms with van der Waals surface area (Å²) in [7, 11) is 1.63. The molecule has 1 amide bonds. The van der Waals surface area contributed by atoms with Crippen LogP contribution < -0.4 is 10.1 Å². The van der Waals surface area contributed by atoms with Crippen molar-refractivity contribution in [3.8, 4) is 5.75 Å². The highest BCUT2D eigenvalue weighted by molar-refractivity contribution is 8.00. The van der Waals surface area contributed by atoms with E-state index in [9.17, 15) is 9.18 Å². The molecule has 166 valence electrons. The van der Waals surface area contributed by atoms with Crippen molar-refractivity contribution in [3.05, 3.63) is 90.0 Å². The number of hydrogen-bond acceptors (Lipinski definition) is 5. The van der Waals surface area contributed by atoms with Gasteiger partial charge in [-0.05, 0) is 48.4 Å². The zero-order chi connectivity index (χ0) is 22.3. The first kappa shape index (κ1) is 22.3. The molecule has 3 aromatic rings. The van der Waals surface area contributed by atoms with E-state index in [0.717, 1.165) is 34.7 Å². The van der Waals surface area contributed by atoms with Gasteiger partial charge in [0, 0.05) is 47.7 Å². The van der Waals surface area contributed by atoms with Gasteiger partial charge in [0.1, 0.15) is 11.6 Å². The molecule has 1 N–H and O–H groups in total. The summed E-state index contributed by atoms with van der Waals surface area (Å²) >= 11 is 1.69. The van der Waals surface area contributed by atoms with E-state index in [1.807, 2.05) is 42.6 Å². The molecule has 2 atom stereocenters. The molecule has 32 heavy (non-hydrogen) atoms. The van der Waals surface area contributed by atoms with Crippen LogP contribution in [0.4, 0.5) is 4.39 Å². The highest BCUT2D eigenvalue weighted by Crippen LogP contribution is 2.34. The SMILES string of the molecule is COc1ccccc1CNC(=O)[C@@H]1C[C@@H](Sc2ccc(F)cc2)CN1Cc1cccnc1. The molecule has 0 aliphatic carbocycles. The van der Waals surface area contributed by atoms with Gasteiger partial charge in [0.15, 0.2) is 0 Å². The number of methoxy groups -OCH3 is 1. The molecule has 1 aromatic heterocycles. The van der Waals surface area contributed by atoms with Crippen molar-refractivity contribution < 1.29 is 13.9 Å². The molecule has 5 nitrogen and oxygen atoms in total. The Labute approximate surface area is 192 Å². The second-order valence-corrected chi connectivity index (χ2v) is 9.14. The average molecular weight is 452 g/mol. The number of para-hydroxylation sites is 1. The lowest BCUT2D eigenvalue weighted by atomic mass is 10.1. The molecule has 7 heteroatoms. The molecule has 0 unspecified atom stereocenters. The van der Waals surface area contributed by atoms with E-state index in [-0.39, 0.29) is 23.0 Å². The molecule has 0 bridgehead atoms.